The molecule has 0 radical (unpaired) electrons. The highest BCUT2D eigenvalue weighted by atomic mass is 35.5. The van der Waals surface area contributed by atoms with Crippen molar-refractivity contribution in [2.45, 2.75) is 42.8 Å². The molecule has 0 N–H and O–H groups in total. The summed E-state index contributed by atoms with van der Waals surface area (Å²) in [6.07, 6.45) is 3.93. The highest BCUT2D eigenvalue weighted by Gasteiger charge is 2.30. The highest BCUT2D eigenvalue weighted by molar-refractivity contribution is 8.00. The molecule has 3 rings (SSSR count). The third-order valence-corrected chi connectivity index (χ3v) is 5.87. The maximum atomic E-state index is 12.8. The zero-order chi connectivity index (χ0) is 17.1. The standard InChI is InChI=1S/C15H18ClN5OS2/c1-3-8-20(9-12-6-7-13(16)24-12)14(22)10(2)23-15-17-18-19-21(15)11-4-5-11/h3,6-7,10-11H,1,4-5,8-9H2,2H3. The molecule has 2 aromatic heterocycles. The van der Waals surface area contributed by atoms with Crippen LogP contribution in [0.3, 0.4) is 0 Å². The number of hydrogen-bond donors (Lipinski definition) is 0. The molecule has 24 heavy (non-hydrogen) atoms. The van der Waals surface area contributed by atoms with Gasteiger partial charge in [-0.3, -0.25) is 4.79 Å². The molecule has 0 aliphatic heterocycles. The quantitative estimate of drug-likeness (QED) is 0.516. The lowest BCUT2D eigenvalue weighted by Gasteiger charge is -2.23. The zero-order valence-electron chi connectivity index (χ0n) is 13.3. The van der Waals surface area contributed by atoms with Crippen LogP contribution in [0.5, 0.6) is 0 Å². The van der Waals surface area contributed by atoms with Crippen LogP contribution in [0.2, 0.25) is 4.34 Å². The summed E-state index contributed by atoms with van der Waals surface area (Å²) in [4.78, 5) is 15.6. The summed E-state index contributed by atoms with van der Waals surface area (Å²) in [5.41, 5.74) is 0. The summed E-state index contributed by atoms with van der Waals surface area (Å²) in [5, 5.41) is 12.2. The predicted octanol–water partition coefficient (Wildman–Crippen LogP) is 3.42. The fraction of sp³-hybridized carbons (Fsp3) is 0.467. The Balaban J connectivity index is 1.66. The van der Waals surface area contributed by atoms with Crippen molar-refractivity contribution < 1.29 is 4.79 Å². The molecule has 0 saturated heterocycles. The van der Waals surface area contributed by atoms with Gasteiger partial charge in [-0.25, -0.2) is 4.68 Å². The minimum Gasteiger partial charge on any atom is -0.333 e. The van der Waals surface area contributed by atoms with Gasteiger partial charge in [-0.15, -0.1) is 23.0 Å². The van der Waals surface area contributed by atoms with Crippen LogP contribution in [0.25, 0.3) is 0 Å². The van der Waals surface area contributed by atoms with E-state index in [1.165, 1.54) is 23.1 Å². The third kappa shape index (κ3) is 4.17. The Morgan fingerprint density at radius 3 is 3.04 bits per heavy atom. The van der Waals surface area contributed by atoms with Crippen LogP contribution in [-0.4, -0.2) is 42.8 Å². The first kappa shape index (κ1) is 17.4. The lowest BCUT2D eigenvalue weighted by molar-refractivity contribution is -0.130. The maximum absolute atomic E-state index is 12.8. The number of nitrogens with zero attached hydrogens (tertiary/aromatic N) is 5. The molecule has 1 amide bonds. The first-order chi connectivity index (χ1) is 11.6. The molecule has 0 bridgehead atoms. The number of tetrazole rings is 1. The summed E-state index contributed by atoms with van der Waals surface area (Å²) in [6, 6.07) is 4.18. The number of amides is 1. The fourth-order valence-electron chi connectivity index (χ4n) is 2.29. The Hall–Kier alpha value is -1.38. The second-order valence-corrected chi connectivity index (χ2v) is 8.72. The lowest BCUT2D eigenvalue weighted by atomic mass is 10.3. The van der Waals surface area contributed by atoms with Crippen LogP contribution in [0.1, 0.15) is 30.7 Å². The van der Waals surface area contributed by atoms with Gasteiger partial charge in [0.2, 0.25) is 11.1 Å². The van der Waals surface area contributed by atoms with Crippen LogP contribution >= 0.6 is 34.7 Å². The molecule has 9 heteroatoms. The molecular formula is C15H18ClN5OS2. The van der Waals surface area contributed by atoms with Crippen molar-refractivity contribution >= 4 is 40.6 Å². The SMILES string of the molecule is C=CCN(Cc1ccc(Cl)s1)C(=O)C(C)Sc1nnnn1C1CC1. The molecule has 2 aromatic rings. The Labute approximate surface area is 153 Å². The van der Waals surface area contributed by atoms with Crippen LogP contribution in [0.4, 0.5) is 0 Å². The second kappa shape index (κ2) is 7.67. The van der Waals surface area contributed by atoms with Gasteiger partial charge in [0.15, 0.2) is 0 Å². The van der Waals surface area contributed by atoms with Gasteiger partial charge >= 0.3 is 0 Å². The molecule has 6 nitrogen and oxygen atoms in total. The molecule has 1 saturated carbocycles. The number of thioether (sulfide) groups is 1. The van der Waals surface area contributed by atoms with Gasteiger partial charge in [0, 0.05) is 11.4 Å². The lowest BCUT2D eigenvalue weighted by Crippen LogP contribution is -2.36. The smallest absolute Gasteiger partial charge is 0.236 e. The van der Waals surface area contributed by atoms with E-state index in [1.807, 2.05) is 23.7 Å². The number of aromatic nitrogens is 4. The van der Waals surface area contributed by atoms with Crippen molar-refractivity contribution in [3.05, 3.63) is 34.0 Å². The monoisotopic (exact) mass is 383 g/mol. The van der Waals surface area contributed by atoms with E-state index in [-0.39, 0.29) is 11.2 Å². The van der Waals surface area contributed by atoms with E-state index in [2.05, 4.69) is 22.1 Å². The first-order valence-corrected chi connectivity index (χ1v) is 9.74. The predicted molar refractivity (Wildman–Crippen MR) is 96.4 cm³/mol. The summed E-state index contributed by atoms with van der Waals surface area (Å²) in [6.45, 7) is 6.66. The molecular weight excluding hydrogens is 366 g/mol. The van der Waals surface area contributed by atoms with Crippen molar-refractivity contribution in [1.82, 2.24) is 25.1 Å². The van der Waals surface area contributed by atoms with Crippen LogP contribution in [0, 0.1) is 0 Å². The summed E-state index contributed by atoms with van der Waals surface area (Å²) >= 11 is 8.86. The van der Waals surface area contributed by atoms with Gasteiger partial charge in [0.05, 0.1) is 22.2 Å². The second-order valence-electron chi connectivity index (χ2n) is 5.61. The minimum atomic E-state index is -0.274. The number of hydrogen-bond acceptors (Lipinski definition) is 6. The van der Waals surface area contributed by atoms with Crippen LogP contribution in [-0.2, 0) is 11.3 Å². The molecule has 1 aliphatic rings. The Bertz CT molecular complexity index is 727. The number of rotatable bonds is 8. The molecule has 0 aromatic carbocycles. The molecule has 128 valence electrons. The molecule has 0 spiro atoms. The van der Waals surface area contributed by atoms with E-state index in [1.54, 1.807) is 11.0 Å². The van der Waals surface area contributed by atoms with Gasteiger partial charge in [0.1, 0.15) is 0 Å². The van der Waals surface area contributed by atoms with Crippen molar-refractivity contribution in [1.29, 1.82) is 0 Å². The van der Waals surface area contributed by atoms with Crippen LogP contribution < -0.4 is 0 Å². The van der Waals surface area contributed by atoms with Gasteiger partial charge in [-0.1, -0.05) is 29.4 Å². The molecule has 1 aliphatic carbocycles. The van der Waals surface area contributed by atoms with Gasteiger partial charge in [0.25, 0.3) is 0 Å². The fourth-order valence-corrected chi connectivity index (χ4v) is 4.34. The van der Waals surface area contributed by atoms with E-state index in [9.17, 15) is 4.79 Å². The normalized spacial score (nSPS) is 15.2. The van der Waals surface area contributed by atoms with Gasteiger partial charge in [-0.05, 0) is 42.3 Å². The Morgan fingerprint density at radius 2 is 2.42 bits per heavy atom. The first-order valence-electron chi connectivity index (χ1n) is 7.67. The summed E-state index contributed by atoms with van der Waals surface area (Å²) in [7, 11) is 0. The average Bonchev–Trinajstić information content (AvgIpc) is 3.17. The number of carbonyl (C=O) groups excluding carboxylic acids is 1. The maximum Gasteiger partial charge on any atom is 0.236 e. The van der Waals surface area contributed by atoms with Crippen molar-refractivity contribution in [2.75, 3.05) is 6.54 Å². The molecule has 1 fully saturated rings. The van der Waals surface area contributed by atoms with E-state index in [0.717, 1.165) is 22.1 Å². The van der Waals surface area contributed by atoms with E-state index >= 15 is 0 Å². The van der Waals surface area contributed by atoms with Crippen LogP contribution in [0.15, 0.2) is 29.9 Å². The van der Waals surface area contributed by atoms with E-state index in [4.69, 9.17) is 11.6 Å². The topological polar surface area (TPSA) is 63.9 Å². The average molecular weight is 384 g/mol. The Morgan fingerprint density at radius 1 is 1.62 bits per heavy atom. The van der Waals surface area contributed by atoms with Gasteiger partial charge < -0.3 is 4.90 Å². The zero-order valence-corrected chi connectivity index (χ0v) is 15.6. The number of halogens is 1. The van der Waals surface area contributed by atoms with E-state index < -0.39 is 0 Å². The highest BCUT2D eigenvalue weighted by Crippen LogP contribution is 2.37. The van der Waals surface area contributed by atoms with Crippen molar-refractivity contribution in [3.63, 3.8) is 0 Å². The summed E-state index contributed by atoms with van der Waals surface area (Å²) in [5.74, 6) is 0.0368. The molecule has 2 heterocycles. The summed E-state index contributed by atoms with van der Waals surface area (Å²) < 4.78 is 2.55. The Kier molecular flexibility index (Phi) is 5.57. The number of thiophene rings is 1. The number of carbonyl (C=O) groups is 1. The van der Waals surface area contributed by atoms with Crippen molar-refractivity contribution in [3.8, 4) is 0 Å². The van der Waals surface area contributed by atoms with Gasteiger partial charge in [-0.2, -0.15) is 0 Å². The molecule has 1 atom stereocenters. The largest absolute Gasteiger partial charge is 0.333 e. The minimum absolute atomic E-state index is 0.0368. The molecule has 1 unspecified atom stereocenters. The van der Waals surface area contributed by atoms with Crippen molar-refractivity contribution in [2.24, 2.45) is 0 Å². The third-order valence-electron chi connectivity index (χ3n) is 3.62. The van der Waals surface area contributed by atoms with E-state index in [0.29, 0.717) is 24.3 Å².